The number of nitrogens with two attached hydrogens (primary N) is 2. The van der Waals surface area contributed by atoms with E-state index in [1.54, 1.807) is 29.9 Å². The third kappa shape index (κ3) is 10.3. The Morgan fingerprint density at radius 3 is 1.63 bits per heavy atom. The van der Waals surface area contributed by atoms with E-state index in [0.29, 0.717) is 30.5 Å². The van der Waals surface area contributed by atoms with Crippen LogP contribution in [0.25, 0.3) is 22.1 Å². The van der Waals surface area contributed by atoms with E-state index in [2.05, 4.69) is 156 Å². The van der Waals surface area contributed by atoms with E-state index < -0.39 is 0 Å². The highest BCUT2D eigenvalue weighted by atomic mass is 32.2. The first-order valence-corrected chi connectivity index (χ1v) is 23.3. The highest BCUT2D eigenvalue weighted by molar-refractivity contribution is 7.99. The average molecular weight is 891 g/mol. The molecule has 65 heavy (non-hydrogen) atoms. The van der Waals surface area contributed by atoms with E-state index >= 15 is 0 Å². The first-order valence-electron chi connectivity index (χ1n) is 21.7. The maximum atomic E-state index is 6.07. The number of rotatable bonds is 15. The molecule has 324 valence electrons. The molecule has 4 aromatic heterocycles. The zero-order valence-corrected chi connectivity index (χ0v) is 38.4. The molecule has 9 rings (SSSR count). The fraction of sp³-hybridized carbons (Fsp3) is 0.151. The number of para-hydroxylation sites is 1. The minimum Gasteiger partial charge on any atom is -0.399 e. The SMILES string of the molecule is CC(C)c1ccc2c(Nc3cc(CN(Cc4ccc(Sc5ccc(N)cc5)c(Nc5ncnc6nc(C(C)C)ccc56)c4)c4ccccc4)ccc3Sc3ccc(N)cc3)ccnc2n1. The first kappa shape index (κ1) is 43.1. The lowest BCUT2D eigenvalue weighted by Crippen LogP contribution is -2.22. The fourth-order valence-corrected chi connectivity index (χ4v) is 9.26. The summed E-state index contributed by atoms with van der Waals surface area (Å²) in [5.74, 6) is 1.28. The van der Waals surface area contributed by atoms with Crippen molar-refractivity contribution in [1.29, 1.82) is 0 Å². The van der Waals surface area contributed by atoms with Crippen molar-refractivity contribution >= 4 is 85.5 Å². The van der Waals surface area contributed by atoms with Gasteiger partial charge in [-0.15, -0.1) is 0 Å². The van der Waals surface area contributed by atoms with E-state index in [1.807, 2.05) is 48.7 Å². The zero-order chi connectivity index (χ0) is 44.9. The maximum Gasteiger partial charge on any atom is 0.164 e. The van der Waals surface area contributed by atoms with E-state index in [-0.39, 0.29) is 5.92 Å². The van der Waals surface area contributed by atoms with E-state index in [4.69, 9.17) is 26.4 Å². The molecule has 0 unspecified atom stereocenters. The number of pyridine rings is 3. The Kier molecular flexibility index (Phi) is 12.8. The molecule has 0 radical (unpaired) electrons. The van der Waals surface area contributed by atoms with Crippen molar-refractivity contribution in [2.45, 2.75) is 72.2 Å². The van der Waals surface area contributed by atoms with Crippen LogP contribution in [-0.4, -0.2) is 24.9 Å². The van der Waals surface area contributed by atoms with Crippen LogP contribution in [0.1, 0.15) is 62.0 Å². The zero-order valence-electron chi connectivity index (χ0n) is 36.7. The van der Waals surface area contributed by atoms with Crippen molar-refractivity contribution in [2.75, 3.05) is 27.0 Å². The quantitative estimate of drug-likeness (QED) is 0.0727. The van der Waals surface area contributed by atoms with Gasteiger partial charge in [0.15, 0.2) is 11.3 Å². The standard InChI is InChI=1S/C53H50N10S2/c1-33(2)44-22-20-42-46(26-27-56-51(42)60-44)59-47-28-35(10-24-49(47)64-40-16-12-37(54)13-17-40)30-63(39-8-6-5-7-9-39)31-36-11-25-50(65-41-18-14-38(55)15-19-41)48(29-36)62-53-43-21-23-45(34(3)4)61-52(43)57-32-58-53/h5-29,32-34H,30-31,54-55H2,1-4H3,(H,56,59,60)(H,57,58,61,62). The van der Waals surface area contributed by atoms with E-state index in [1.165, 1.54) is 0 Å². The molecule has 12 heteroatoms. The van der Waals surface area contributed by atoms with Crippen LogP contribution in [0.3, 0.4) is 0 Å². The van der Waals surface area contributed by atoms with Gasteiger partial charge in [0.2, 0.25) is 0 Å². The van der Waals surface area contributed by atoms with Crippen molar-refractivity contribution in [3.8, 4) is 0 Å². The number of fused-ring (bicyclic) bond motifs is 2. The summed E-state index contributed by atoms with van der Waals surface area (Å²) < 4.78 is 0. The number of hydrogen-bond donors (Lipinski definition) is 4. The third-order valence-electron chi connectivity index (χ3n) is 11.0. The molecule has 4 heterocycles. The maximum absolute atomic E-state index is 6.07. The van der Waals surface area contributed by atoms with Crippen LogP contribution in [0.4, 0.5) is 39.9 Å². The van der Waals surface area contributed by atoms with Crippen LogP contribution in [-0.2, 0) is 13.1 Å². The second-order valence-electron chi connectivity index (χ2n) is 16.5. The van der Waals surface area contributed by atoms with Gasteiger partial charge in [0.1, 0.15) is 12.1 Å². The molecule has 0 aliphatic carbocycles. The smallest absolute Gasteiger partial charge is 0.164 e. The molecule has 10 nitrogen and oxygen atoms in total. The van der Waals surface area contributed by atoms with E-state index in [0.717, 1.165) is 92.6 Å². The number of hydrogen-bond acceptors (Lipinski definition) is 12. The molecular formula is C53H50N10S2. The van der Waals surface area contributed by atoms with Crippen molar-refractivity contribution in [2.24, 2.45) is 0 Å². The molecule has 0 spiro atoms. The molecule has 9 aromatic rings. The molecule has 0 atom stereocenters. The van der Waals surface area contributed by atoms with Crippen molar-refractivity contribution in [1.82, 2.24) is 24.9 Å². The molecule has 0 aliphatic heterocycles. The summed E-state index contributed by atoms with van der Waals surface area (Å²) in [7, 11) is 0. The van der Waals surface area contributed by atoms with Crippen LogP contribution in [0.2, 0.25) is 0 Å². The summed E-state index contributed by atoms with van der Waals surface area (Å²) in [5, 5.41) is 9.32. The first-order chi connectivity index (χ1) is 31.6. The average Bonchev–Trinajstić information content (AvgIpc) is 3.32. The lowest BCUT2D eigenvalue weighted by Gasteiger charge is -2.26. The Labute approximate surface area is 388 Å². The summed E-state index contributed by atoms with van der Waals surface area (Å²) in [6.45, 7) is 9.85. The molecule has 6 N–H and O–H groups in total. The monoisotopic (exact) mass is 890 g/mol. The van der Waals surface area contributed by atoms with Gasteiger partial charge in [-0.25, -0.2) is 24.9 Å². The van der Waals surface area contributed by atoms with Gasteiger partial charge in [0.05, 0.1) is 22.4 Å². The van der Waals surface area contributed by atoms with Gasteiger partial charge in [0, 0.05) is 72.7 Å². The van der Waals surface area contributed by atoms with Crippen molar-refractivity contribution in [3.05, 3.63) is 181 Å². The van der Waals surface area contributed by atoms with Gasteiger partial charge in [-0.1, -0.05) is 81.6 Å². The van der Waals surface area contributed by atoms with Crippen molar-refractivity contribution < 1.29 is 0 Å². The van der Waals surface area contributed by atoms with Crippen LogP contribution < -0.4 is 27.0 Å². The minimum atomic E-state index is 0.282. The predicted molar refractivity (Wildman–Crippen MR) is 271 cm³/mol. The topological polar surface area (TPSA) is 144 Å². The molecule has 0 aliphatic rings. The summed E-state index contributed by atoms with van der Waals surface area (Å²) in [6.07, 6.45) is 3.40. The Bertz CT molecular complexity index is 2900. The second-order valence-corrected chi connectivity index (χ2v) is 18.8. The number of nitrogens with zero attached hydrogens (tertiary/aromatic N) is 6. The fourth-order valence-electron chi connectivity index (χ4n) is 7.49. The molecule has 5 aromatic carbocycles. The number of aromatic nitrogens is 5. The largest absolute Gasteiger partial charge is 0.399 e. The van der Waals surface area contributed by atoms with Gasteiger partial charge in [-0.3, -0.25) is 0 Å². The highest BCUT2D eigenvalue weighted by Crippen LogP contribution is 2.40. The normalized spacial score (nSPS) is 11.4. The van der Waals surface area contributed by atoms with Gasteiger partial charge in [-0.05, 0) is 138 Å². The summed E-state index contributed by atoms with van der Waals surface area (Å²) in [6, 6.07) is 50.2. The Balaban J connectivity index is 1.07. The van der Waals surface area contributed by atoms with Crippen LogP contribution in [0.15, 0.2) is 178 Å². The molecular weight excluding hydrogens is 841 g/mol. The molecule has 0 bridgehead atoms. The Morgan fingerprint density at radius 2 is 1.06 bits per heavy atom. The number of anilines is 7. The van der Waals surface area contributed by atoms with Gasteiger partial charge >= 0.3 is 0 Å². The number of benzene rings is 5. The Hall–Kier alpha value is -7.15. The number of nitrogens with one attached hydrogen (secondary N) is 2. The summed E-state index contributed by atoms with van der Waals surface area (Å²) in [4.78, 5) is 30.4. The summed E-state index contributed by atoms with van der Waals surface area (Å²) >= 11 is 3.37. The predicted octanol–water partition coefficient (Wildman–Crippen LogP) is 13.4. The summed E-state index contributed by atoms with van der Waals surface area (Å²) in [5.41, 5.74) is 23.2. The van der Waals surface area contributed by atoms with E-state index in [9.17, 15) is 0 Å². The van der Waals surface area contributed by atoms with Crippen LogP contribution >= 0.6 is 23.5 Å². The van der Waals surface area contributed by atoms with Crippen LogP contribution in [0, 0.1) is 0 Å². The van der Waals surface area contributed by atoms with Gasteiger partial charge < -0.3 is 27.0 Å². The molecule has 0 saturated heterocycles. The molecule has 0 fully saturated rings. The lowest BCUT2D eigenvalue weighted by molar-refractivity contribution is 0.799. The van der Waals surface area contributed by atoms with Crippen LogP contribution in [0.5, 0.6) is 0 Å². The third-order valence-corrected chi connectivity index (χ3v) is 13.2. The molecule has 0 amide bonds. The van der Waals surface area contributed by atoms with Gasteiger partial charge in [0.25, 0.3) is 0 Å². The van der Waals surface area contributed by atoms with Gasteiger partial charge in [-0.2, -0.15) is 0 Å². The lowest BCUT2D eigenvalue weighted by atomic mass is 10.1. The number of nitrogen functional groups attached to an aromatic ring is 2. The molecule has 0 saturated carbocycles. The second kappa shape index (κ2) is 19.3. The van der Waals surface area contributed by atoms with Crippen molar-refractivity contribution in [3.63, 3.8) is 0 Å². The Morgan fingerprint density at radius 1 is 0.523 bits per heavy atom. The highest BCUT2D eigenvalue weighted by Gasteiger charge is 2.17. The minimum absolute atomic E-state index is 0.282.